The number of aromatic nitrogens is 2. The average molecular weight is 383 g/mol. The molecule has 0 fully saturated rings. The maximum atomic E-state index is 13.1. The van der Waals surface area contributed by atoms with Crippen LogP contribution in [0.4, 0.5) is 5.69 Å². The summed E-state index contributed by atoms with van der Waals surface area (Å²) < 4.78 is 1.92. The molecule has 2 aromatic rings. The van der Waals surface area contributed by atoms with E-state index in [9.17, 15) is 9.59 Å². The van der Waals surface area contributed by atoms with Crippen molar-refractivity contribution in [3.63, 3.8) is 0 Å². The van der Waals surface area contributed by atoms with Gasteiger partial charge in [-0.15, -0.1) is 0 Å². The molecule has 6 nitrogen and oxygen atoms in total. The quantitative estimate of drug-likeness (QED) is 0.799. The molecule has 0 bridgehead atoms. The number of rotatable bonds is 6. The number of fused-ring (bicyclic) bond motifs is 1. The van der Waals surface area contributed by atoms with E-state index in [2.05, 4.69) is 22.5 Å². The van der Waals surface area contributed by atoms with Crippen molar-refractivity contribution in [2.45, 2.75) is 59.9 Å². The normalized spacial score (nSPS) is 13.3. The van der Waals surface area contributed by atoms with Crippen molar-refractivity contribution < 1.29 is 9.59 Å². The minimum absolute atomic E-state index is 0.207. The van der Waals surface area contributed by atoms with Gasteiger partial charge in [0.05, 0.1) is 5.69 Å². The van der Waals surface area contributed by atoms with Crippen LogP contribution in [0.5, 0.6) is 0 Å². The Morgan fingerprint density at radius 2 is 2.00 bits per heavy atom. The number of carbonyl (C=O) groups is 2. The van der Waals surface area contributed by atoms with Crippen LogP contribution >= 0.6 is 0 Å². The highest BCUT2D eigenvalue weighted by molar-refractivity contribution is 6.05. The van der Waals surface area contributed by atoms with Crippen LogP contribution < -0.4 is 10.6 Å². The van der Waals surface area contributed by atoms with Crippen molar-refractivity contribution >= 4 is 17.5 Å². The molecule has 0 saturated heterocycles. The second-order valence-electron chi connectivity index (χ2n) is 7.86. The third-order valence-corrected chi connectivity index (χ3v) is 5.19. The van der Waals surface area contributed by atoms with Gasteiger partial charge in [0.1, 0.15) is 0 Å². The minimum atomic E-state index is -0.238. The van der Waals surface area contributed by atoms with Crippen LogP contribution in [0, 0.1) is 12.8 Å². The molecule has 0 atom stereocenters. The summed E-state index contributed by atoms with van der Waals surface area (Å²) in [5, 5.41) is 5.98. The van der Waals surface area contributed by atoms with Crippen LogP contribution in [-0.4, -0.2) is 27.9 Å². The van der Waals surface area contributed by atoms with Crippen LogP contribution in [-0.2, 0) is 19.4 Å². The lowest BCUT2D eigenvalue weighted by atomic mass is 10.0. The molecule has 0 spiro atoms. The van der Waals surface area contributed by atoms with Crippen LogP contribution in [0.1, 0.15) is 71.5 Å². The van der Waals surface area contributed by atoms with E-state index in [4.69, 9.17) is 0 Å². The molecule has 1 aliphatic heterocycles. The first kappa shape index (κ1) is 20.1. The predicted octanol–water partition coefficient (Wildman–Crippen LogP) is 3.73. The van der Waals surface area contributed by atoms with Crippen molar-refractivity contribution in [3.05, 3.63) is 46.5 Å². The summed E-state index contributed by atoms with van der Waals surface area (Å²) in [6, 6.07) is 6.01. The van der Waals surface area contributed by atoms with Crippen molar-refractivity contribution in [2.75, 3.05) is 11.9 Å². The van der Waals surface area contributed by atoms with Crippen LogP contribution in [0.3, 0.4) is 0 Å². The number of aryl methyl sites for hydroxylation is 2. The number of anilines is 1. The van der Waals surface area contributed by atoms with Gasteiger partial charge in [0.25, 0.3) is 11.8 Å². The van der Waals surface area contributed by atoms with Crippen LogP contribution in [0.25, 0.3) is 0 Å². The van der Waals surface area contributed by atoms with Gasteiger partial charge in [-0.25, -0.2) is 4.98 Å². The van der Waals surface area contributed by atoms with Crippen LogP contribution in [0.2, 0.25) is 0 Å². The molecule has 0 unspecified atom stereocenters. The lowest BCUT2D eigenvalue weighted by Crippen LogP contribution is -2.30. The van der Waals surface area contributed by atoms with E-state index < -0.39 is 0 Å². The number of nitrogens with one attached hydrogen (secondary N) is 2. The van der Waals surface area contributed by atoms with Crippen molar-refractivity contribution in [3.8, 4) is 0 Å². The van der Waals surface area contributed by atoms with Crippen LogP contribution in [0.15, 0.2) is 18.2 Å². The summed E-state index contributed by atoms with van der Waals surface area (Å²) >= 11 is 0. The first-order valence-electron chi connectivity index (χ1n) is 10.2. The van der Waals surface area contributed by atoms with E-state index in [1.807, 2.05) is 43.5 Å². The van der Waals surface area contributed by atoms with E-state index in [1.54, 1.807) is 0 Å². The zero-order valence-corrected chi connectivity index (χ0v) is 17.3. The second-order valence-corrected chi connectivity index (χ2v) is 7.86. The van der Waals surface area contributed by atoms with Gasteiger partial charge in [-0.2, -0.15) is 0 Å². The number of amides is 2. The van der Waals surface area contributed by atoms with Gasteiger partial charge >= 0.3 is 0 Å². The molecule has 1 aliphatic rings. The molecule has 0 saturated carbocycles. The molecular formula is C22H30N4O2. The van der Waals surface area contributed by atoms with Crippen molar-refractivity contribution in [1.82, 2.24) is 14.9 Å². The van der Waals surface area contributed by atoms with E-state index in [0.29, 0.717) is 24.0 Å². The number of imidazole rings is 1. The fourth-order valence-corrected chi connectivity index (χ4v) is 3.65. The average Bonchev–Trinajstić information content (AvgIpc) is 3.07. The van der Waals surface area contributed by atoms with Crippen molar-refractivity contribution in [1.29, 1.82) is 0 Å². The number of hydrogen-bond donors (Lipinski definition) is 2. The number of hydrogen-bond acceptors (Lipinski definition) is 3. The summed E-state index contributed by atoms with van der Waals surface area (Å²) in [5.41, 5.74) is 4.20. The number of carbonyl (C=O) groups excluding carboxylic acids is 2. The van der Waals surface area contributed by atoms with E-state index in [0.717, 1.165) is 54.7 Å². The highest BCUT2D eigenvalue weighted by Gasteiger charge is 2.28. The maximum Gasteiger partial charge on any atom is 0.287 e. The lowest BCUT2D eigenvalue weighted by molar-refractivity contribution is 0.0933. The zero-order valence-electron chi connectivity index (χ0n) is 17.3. The Morgan fingerprint density at radius 1 is 1.21 bits per heavy atom. The van der Waals surface area contributed by atoms with E-state index >= 15 is 0 Å². The lowest BCUT2D eigenvalue weighted by Gasteiger charge is -2.17. The standard InChI is InChI=1S/C22H30N4O2/c1-5-16-10-8-9-15(4)18(16)25-21(27)19-17-11-6-7-12-26(17)20(24-19)22(28)23-13-14(2)3/h8-10,14H,5-7,11-13H2,1-4H3,(H,23,28)(H,25,27). The Hall–Kier alpha value is -2.63. The van der Waals surface area contributed by atoms with E-state index in [1.165, 1.54) is 0 Å². The second kappa shape index (κ2) is 8.59. The molecule has 2 amide bonds. The first-order valence-corrected chi connectivity index (χ1v) is 10.2. The smallest absolute Gasteiger partial charge is 0.287 e. The first-order chi connectivity index (χ1) is 13.4. The van der Waals surface area contributed by atoms with Gasteiger partial charge in [-0.1, -0.05) is 39.0 Å². The number of para-hydroxylation sites is 1. The Balaban J connectivity index is 1.92. The fraction of sp³-hybridized carbons (Fsp3) is 0.500. The molecule has 150 valence electrons. The maximum absolute atomic E-state index is 13.1. The van der Waals surface area contributed by atoms with Gasteiger partial charge in [0.15, 0.2) is 11.5 Å². The highest BCUT2D eigenvalue weighted by Crippen LogP contribution is 2.25. The van der Waals surface area contributed by atoms with Gasteiger partial charge in [-0.3, -0.25) is 9.59 Å². The van der Waals surface area contributed by atoms with Gasteiger partial charge in [-0.05, 0) is 49.7 Å². The van der Waals surface area contributed by atoms with Gasteiger partial charge < -0.3 is 15.2 Å². The van der Waals surface area contributed by atoms with Gasteiger partial charge in [0, 0.05) is 18.8 Å². The molecule has 6 heteroatoms. The zero-order chi connectivity index (χ0) is 20.3. The summed E-state index contributed by atoms with van der Waals surface area (Å²) in [7, 11) is 0. The highest BCUT2D eigenvalue weighted by atomic mass is 16.2. The Labute approximate surface area is 166 Å². The molecule has 1 aromatic heterocycles. The molecule has 0 radical (unpaired) electrons. The summed E-state index contributed by atoms with van der Waals surface area (Å²) in [5.74, 6) is 0.260. The summed E-state index contributed by atoms with van der Waals surface area (Å²) in [6.07, 6.45) is 3.60. The molecule has 28 heavy (non-hydrogen) atoms. The number of benzene rings is 1. The predicted molar refractivity (Wildman–Crippen MR) is 111 cm³/mol. The van der Waals surface area contributed by atoms with E-state index in [-0.39, 0.29) is 11.8 Å². The molecule has 0 aliphatic carbocycles. The van der Waals surface area contributed by atoms with Gasteiger partial charge in [0.2, 0.25) is 0 Å². The summed E-state index contributed by atoms with van der Waals surface area (Å²) in [6.45, 7) is 9.47. The molecular weight excluding hydrogens is 352 g/mol. The molecule has 3 rings (SSSR count). The molecule has 2 N–H and O–H groups in total. The monoisotopic (exact) mass is 382 g/mol. The third-order valence-electron chi connectivity index (χ3n) is 5.19. The fourth-order valence-electron chi connectivity index (χ4n) is 3.65. The molecule has 1 aromatic carbocycles. The largest absolute Gasteiger partial charge is 0.349 e. The topological polar surface area (TPSA) is 76.0 Å². The third kappa shape index (κ3) is 4.11. The summed E-state index contributed by atoms with van der Waals surface area (Å²) in [4.78, 5) is 30.2. The molecule has 2 heterocycles. The Kier molecular flexibility index (Phi) is 6.17. The number of nitrogens with zero attached hydrogens (tertiary/aromatic N) is 2. The SMILES string of the molecule is CCc1cccc(C)c1NC(=O)c1nc(C(=O)NCC(C)C)n2c1CCCC2. The Bertz CT molecular complexity index is 883. The van der Waals surface area contributed by atoms with Crippen molar-refractivity contribution in [2.24, 2.45) is 5.92 Å². The Morgan fingerprint density at radius 3 is 2.71 bits per heavy atom. The minimum Gasteiger partial charge on any atom is -0.349 e.